The first kappa shape index (κ1) is 18.5. The molecule has 1 unspecified atom stereocenters. The van der Waals surface area contributed by atoms with E-state index in [2.05, 4.69) is 5.32 Å². The third-order valence-electron chi connectivity index (χ3n) is 3.15. The molecule has 0 aromatic heterocycles. The zero-order chi connectivity index (χ0) is 17.1. The number of amides is 3. The molecule has 1 rings (SSSR count). The number of nitrogens with zero attached hydrogens (tertiary/aromatic N) is 2. The van der Waals surface area contributed by atoms with Crippen molar-refractivity contribution >= 4 is 12.1 Å². The number of hydrogen-bond donors (Lipinski definition) is 2. The molecule has 0 radical (unpaired) electrons. The second-order valence-electron chi connectivity index (χ2n) is 7.69. The van der Waals surface area contributed by atoms with Gasteiger partial charge in [0.15, 0.2) is 0 Å². The summed E-state index contributed by atoms with van der Waals surface area (Å²) in [5, 5.41) is 2.93. The van der Waals surface area contributed by atoms with Crippen LogP contribution in [-0.4, -0.2) is 65.3 Å². The highest BCUT2D eigenvalue weighted by Crippen LogP contribution is 2.15. The standard InChI is InChI=1S/C15H30N4O3/c1-14(2,3)17-12(20)19-8-7-18(10-11(19)9-16)13(21)22-15(4,5)6/h11H,7-10,16H2,1-6H3,(H,17,20). The Labute approximate surface area is 133 Å². The summed E-state index contributed by atoms with van der Waals surface area (Å²) in [6.45, 7) is 12.9. The maximum Gasteiger partial charge on any atom is 0.410 e. The molecule has 128 valence electrons. The van der Waals surface area contributed by atoms with E-state index in [9.17, 15) is 9.59 Å². The van der Waals surface area contributed by atoms with Gasteiger partial charge in [0, 0.05) is 31.7 Å². The van der Waals surface area contributed by atoms with Crippen LogP contribution in [0.1, 0.15) is 41.5 Å². The van der Waals surface area contributed by atoms with Gasteiger partial charge in [0.25, 0.3) is 0 Å². The second kappa shape index (κ2) is 6.73. The van der Waals surface area contributed by atoms with Crippen LogP contribution in [0, 0.1) is 0 Å². The van der Waals surface area contributed by atoms with Gasteiger partial charge < -0.3 is 25.6 Å². The summed E-state index contributed by atoms with van der Waals surface area (Å²) in [6, 6.07) is -0.351. The number of carbonyl (C=O) groups is 2. The van der Waals surface area contributed by atoms with Gasteiger partial charge in [0.1, 0.15) is 5.60 Å². The van der Waals surface area contributed by atoms with Crippen LogP contribution in [0.3, 0.4) is 0 Å². The van der Waals surface area contributed by atoms with Crippen LogP contribution < -0.4 is 11.1 Å². The minimum atomic E-state index is -0.532. The molecule has 0 saturated carbocycles. The van der Waals surface area contributed by atoms with Gasteiger partial charge in [-0.25, -0.2) is 9.59 Å². The topological polar surface area (TPSA) is 87.9 Å². The Bertz CT molecular complexity index is 412. The molecule has 1 aliphatic heterocycles. The molecule has 3 amide bonds. The largest absolute Gasteiger partial charge is 0.444 e. The van der Waals surface area contributed by atoms with Crippen LogP contribution in [0.2, 0.25) is 0 Å². The number of rotatable bonds is 1. The van der Waals surface area contributed by atoms with Crippen LogP contribution >= 0.6 is 0 Å². The average Bonchev–Trinajstić information content (AvgIpc) is 2.33. The molecule has 0 aromatic rings. The summed E-state index contributed by atoms with van der Waals surface area (Å²) >= 11 is 0. The smallest absolute Gasteiger partial charge is 0.410 e. The molecule has 7 heteroatoms. The Kier molecular flexibility index (Phi) is 5.67. The maximum absolute atomic E-state index is 12.3. The fourth-order valence-corrected chi connectivity index (χ4v) is 2.21. The Morgan fingerprint density at radius 1 is 1.18 bits per heavy atom. The van der Waals surface area contributed by atoms with Gasteiger partial charge in [-0.3, -0.25) is 0 Å². The van der Waals surface area contributed by atoms with Gasteiger partial charge in [-0.1, -0.05) is 0 Å². The molecule has 0 bridgehead atoms. The molecule has 0 aromatic carbocycles. The quantitative estimate of drug-likeness (QED) is 0.765. The minimum Gasteiger partial charge on any atom is -0.444 e. The summed E-state index contributed by atoms with van der Waals surface area (Å²) in [6.07, 6.45) is -0.359. The molecule has 1 atom stereocenters. The zero-order valence-corrected chi connectivity index (χ0v) is 14.6. The predicted octanol–water partition coefficient (Wildman–Crippen LogP) is 1.37. The van der Waals surface area contributed by atoms with E-state index in [1.807, 2.05) is 41.5 Å². The molecule has 1 fully saturated rings. The van der Waals surface area contributed by atoms with Gasteiger partial charge in [-0.15, -0.1) is 0 Å². The highest BCUT2D eigenvalue weighted by Gasteiger charge is 2.34. The van der Waals surface area contributed by atoms with Crippen molar-refractivity contribution in [2.24, 2.45) is 5.73 Å². The van der Waals surface area contributed by atoms with E-state index in [1.54, 1.807) is 9.80 Å². The molecule has 0 spiro atoms. The predicted molar refractivity (Wildman–Crippen MR) is 85.6 cm³/mol. The number of piperazine rings is 1. The highest BCUT2D eigenvalue weighted by molar-refractivity contribution is 5.76. The van der Waals surface area contributed by atoms with Crippen molar-refractivity contribution in [3.63, 3.8) is 0 Å². The number of nitrogens with one attached hydrogen (secondary N) is 1. The third-order valence-corrected chi connectivity index (χ3v) is 3.15. The van der Waals surface area contributed by atoms with Crippen molar-refractivity contribution in [1.29, 1.82) is 0 Å². The van der Waals surface area contributed by atoms with E-state index in [1.165, 1.54) is 0 Å². The molecule has 1 saturated heterocycles. The summed E-state index contributed by atoms with van der Waals surface area (Å²) in [4.78, 5) is 27.8. The normalized spacial score (nSPS) is 19.9. The summed E-state index contributed by atoms with van der Waals surface area (Å²) in [7, 11) is 0. The molecule has 0 aliphatic carbocycles. The van der Waals surface area contributed by atoms with Crippen LogP contribution in [0.15, 0.2) is 0 Å². The lowest BCUT2D eigenvalue weighted by molar-refractivity contribution is 0.00945. The first-order valence-corrected chi connectivity index (χ1v) is 7.70. The van der Waals surface area contributed by atoms with Gasteiger partial charge in [-0.05, 0) is 41.5 Å². The van der Waals surface area contributed by atoms with Crippen molar-refractivity contribution < 1.29 is 14.3 Å². The lowest BCUT2D eigenvalue weighted by Crippen LogP contribution is -2.62. The second-order valence-corrected chi connectivity index (χ2v) is 7.69. The summed E-state index contributed by atoms with van der Waals surface area (Å²) < 4.78 is 5.37. The van der Waals surface area contributed by atoms with Crippen molar-refractivity contribution in [2.45, 2.75) is 58.7 Å². The third kappa shape index (κ3) is 5.71. The van der Waals surface area contributed by atoms with E-state index in [0.717, 1.165) is 0 Å². The molecule has 3 N–H and O–H groups in total. The van der Waals surface area contributed by atoms with Crippen LogP contribution in [0.4, 0.5) is 9.59 Å². The zero-order valence-electron chi connectivity index (χ0n) is 14.6. The summed E-state index contributed by atoms with van der Waals surface area (Å²) in [5.41, 5.74) is 4.95. The number of nitrogens with two attached hydrogens (primary N) is 1. The number of ether oxygens (including phenoxy) is 1. The van der Waals surface area contributed by atoms with Gasteiger partial charge in [-0.2, -0.15) is 0 Å². The molecule has 22 heavy (non-hydrogen) atoms. The molecule has 1 aliphatic rings. The lowest BCUT2D eigenvalue weighted by atomic mass is 10.1. The molecule has 1 heterocycles. The van der Waals surface area contributed by atoms with Crippen molar-refractivity contribution in [1.82, 2.24) is 15.1 Å². The first-order chi connectivity index (χ1) is 9.93. The van der Waals surface area contributed by atoms with Crippen LogP contribution in [0.5, 0.6) is 0 Å². The number of carbonyl (C=O) groups excluding carboxylic acids is 2. The highest BCUT2D eigenvalue weighted by atomic mass is 16.6. The fourth-order valence-electron chi connectivity index (χ4n) is 2.21. The number of hydrogen-bond acceptors (Lipinski definition) is 4. The Hall–Kier alpha value is -1.50. The Balaban J connectivity index is 2.68. The number of urea groups is 1. The van der Waals surface area contributed by atoms with Crippen molar-refractivity contribution in [2.75, 3.05) is 26.2 Å². The molecule has 7 nitrogen and oxygen atoms in total. The van der Waals surface area contributed by atoms with E-state index in [4.69, 9.17) is 10.5 Å². The van der Waals surface area contributed by atoms with Gasteiger partial charge in [0.05, 0.1) is 6.04 Å². The van der Waals surface area contributed by atoms with E-state index in [-0.39, 0.29) is 23.7 Å². The van der Waals surface area contributed by atoms with Gasteiger partial charge in [0.2, 0.25) is 0 Å². The van der Waals surface area contributed by atoms with E-state index >= 15 is 0 Å². The Morgan fingerprint density at radius 3 is 2.23 bits per heavy atom. The van der Waals surface area contributed by atoms with Crippen molar-refractivity contribution in [3.8, 4) is 0 Å². The van der Waals surface area contributed by atoms with Crippen LogP contribution in [-0.2, 0) is 4.74 Å². The minimum absolute atomic E-state index is 0.146. The molecular weight excluding hydrogens is 284 g/mol. The average molecular weight is 314 g/mol. The summed E-state index contributed by atoms with van der Waals surface area (Å²) in [5.74, 6) is 0. The Morgan fingerprint density at radius 2 is 1.77 bits per heavy atom. The van der Waals surface area contributed by atoms with E-state index in [0.29, 0.717) is 26.2 Å². The SMILES string of the molecule is CC(C)(C)NC(=O)N1CCN(C(=O)OC(C)(C)C)CC1CN. The monoisotopic (exact) mass is 314 g/mol. The van der Waals surface area contributed by atoms with Crippen LogP contribution in [0.25, 0.3) is 0 Å². The first-order valence-electron chi connectivity index (χ1n) is 7.70. The van der Waals surface area contributed by atoms with E-state index < -0.39 is 5.60 Å². The lowest BCUT2D eigenvalue weighted by Gasteiger charge is -2.42. The maximum atomic E-state index is 12.3. The molecular formula is C15H30N4O3. The fraction of sp³-hybridized carbons (Fsp3) is 0.867. The van der Waals surface area contributed by atoms with Crippen molar-refractivity contribution in [3.05, 3.63) is 0 Å². The van der Waals surface area contributed by atoms with Gasteiger partial charge >= 0.3 is 12.1 Å².